The fraction of sp³-hybridized carbons (Fsp3) is 0.308. The van der Waals surface area contributed by atoms with Gasteiger partial charge in [0.2, 0.25) is 0 Å². The molecule has 0 spiro atoms. The minimum Gasteiger partial charge on any atom is -0.478 e. The van der Waals surface area contributed by atoms with Gasteiger partial charge in [0.1, 0.15) is 5.56 Å². The molecule has 1 unspecified atom stereocenters. The highest BCUT2D eigenvalue weighted by Crippen LogP contribution is 2.13. The van der Waals surface area contributed by atoms with Crippen molar-refractivity contribution in [1.82, 2.24) is 20.1 Å². The lowest BCUT2D eigenvalue weighted by Gasteiger charge is -2.14. The largest absolute Gasteiger partial charge is 0.478 e. The summed E-state index contributed by atoms with van der Waals surface area (Å²) < 4.78 is 1.58. The first kappa shape index (κ1) is 13.2. The molecule has 2 N–H and O–H groups in total. The van der Waals surface area contributed by atoms with E-state index in [2.05, 4.69) is 15.4 Å². The Morgan fingerprint density at radius 2 is 2.32 bits per heavy atom. The van der Waals surface area contributed by atoms with E-state index in [1.54, 1.807) is 24.1 Å². The SMILES string of the molecule is CC(NCc1c(C(=O)O)cnn1C)c1cccnc1. The number of aromatic nitrogens is 3. The Hall–Kier alpha value is -2.21. The summed E-state index contributed by atoms with van der Waals surface area (Å²) >= 11 is 0. The highest BCUT2D eigenvalue weighted by molar-refractivity contribution is 5.88. The van der Waals surface area contributed by atoms with E-state index in [0.29, 0.717) is 12.2 Å². The van der Waals surface area contributed by atoms with Gasteiger partial charge in [-0.2, -0.15) is 5.10 Å². The molecule has 0 aliphatic heterocycles. The molecule has 0 aromatic carbocycles. The first-order chi connectivity index (χ1) is 9.09. The lowest BCUT2D eigenvalue weighted by molar-refractivity contribution is 0.0695. The Morgan fingerprint density at radius 3 is 2.95 bits per heavy atom. The molecule has 0 fully saturated rings. The Morgan fingerprint density at radius 1 is 1.53 bits per heavy atom. The number of carbonyl (C=O) groups is 1. The molecule has 0 amide bonds. The van der Waals surface area contributed by atoms with Crippen LogP contribution in [0.1, 0.15) is 34.6 Å². The van der Waals surface area contributed by atoms with Crippen molar-refractivity contribution < 1.29 is 9.90 Å². The Labute approximate surface area is 111 Å². The average Bonchev–Trinajstić information content (AvgIpc) is 2.78. The minimum absolute atomic E-state index is 0.0882. The van der Waals surface area contributed by atoms with Gasteiger partial charge in [0.05, 0.1) is 11.9 Å². The van der Waals surface area contributed by atoms with E-state index in [1.807, 2.05) is 19.1 Å². The number of rotatable bonds is 5. The van der Waals surface area contributed by atoms with E-state index >= 15 is 0 Å². The molecule has 0 aliphatic rings. The van der Waals surface area contributed by atoms with Crippen LogP contribution < -0.4 is 5.32 Å². The molecule has 6 heteroatoms. The van der Waals surface area contributed by atoms with E-state index in [4.69, 9.17) is 5.11 Å². The number of hydrogen-bond acceptors (Lipinski definition) is 4. The second-order valence-electron chi connectivity index (χ2n) is 4.32. The number of aryl methyl sites for hydroxylation is 1. The molecule has 1 atom stereocenters. The molecule has 2 heterocycles. The Kier molecular flexibility index (Phi) is 3.91. The summed E-state index contributed by atoms with van der Waals surface area (Å²) in [7, 11) is 1.73. The highest BCUT2D eigenvalue weighted by Gasteiger charge is 2.15. The molecule has 6 nitrogen and oxygen atoms in total. The Bertz CT molecular complexity index is 565. The second kappa shape index (κ2) is 5.62. The number of hydrogen-bond donors (Lipinski definition) is 2. The van der Waals surface area contributed by atoms with Crippen LogP contribution in [0.2, 0.25) is 0 Å². The van der Waals surface area contributed by atoms with Crippen LogP contribution in [-0.4, -0.2) is 25.8 Å². The van der Waals surface area contributed by atoms with Crippen molar-refractivity contribution in [2.45, 2.75) is 19.5 Å². The van der Waals surface area contributed by atoms with Crippen LogP contribution in [-0.2, 0) is 13.6 Å². The van der Waals surface area contributed by atoms with Gasteiger partial charge in [0.25, 0.3) is 0 Å². The van der Waals surface area contributed by atoms with E-state index < -0.39 is 5.97 Å². The van der Waals surface area contributed by atoms with Crippen molar-refractivity contribution in [3.63, 3.8) is 0 Å². The zero-order valence-electron chi connectivity index (χ0n) is 10.9. The third-order valence-electron chi connectivity index (χ3n) is 3.05. The first-order valence-corrected chi connectivity index (χ1v) is 5.97. The molecule has 0 saturated heterocycles. The van der Waals surface area contributed by atoms with Gasteiger partial charge in [-0.15, -0.1) is 0 Å². The van der Waals surface area contributed by atoms with E-state index in [9.17, 15) is 4.79 Å². The van der Waals surface area contributed by atoms with Crippen molar-refractivity contribution in [2.24, 2.45) is 7.05 Å². The fourth-order valence-corrected chi connectivity index (χ4v) is 1.85. The average molecular weight is 260 g/mol. The summed E-state index contributed by atoms with van der Waals surface area (Å²) in [5.74, 6) is -0.959. The monoisotopic (exact) mass is 260 g/mol. The van der Waals surface area contributed by atoms with Gasteiger partial charge in [-0.1, -0.05) is 6.07 Å². The molecule has 0 aliphatic carbocycles. The number of carboxylic acid groups (broad SMARTS) is 1. The van der Waals surface area contributed by atoms with Gasteiger partial charge in [0, 0.05) is 32.0 Å². The molecular formula is C13H16N4O2. The summed E-state index contributed by atoms with van der Waals surface area (Å²) in [5.41, 5.74) is 1.94. The molecule has 2 aromatic heterocycles. The molecule has 2 aromatic rings. The van der Waals surface area contributed by atoms with Crippen molar-refractivity contribution in [2.75, 3.05) is 0 Å². The van der Waals surface area contributed by atoms with Crippen LogP contribution in [0.4, 0.5) is 0 Å². The number of nitrogens with one attached hydrogen (secondary N) is 1. The molecule has 2 rings (SSSR count). The molecule has 0 bridgehead atoms. The topological polar surface area (TPSA) is 80.0 Å². The van der Waals surface area contributed by atoms with Crippen LogP contribution in [0.5, 0.6) is 0 Å². The van der Waals surface area contributed by atoms with Crippen LogP contribution in [0.3, 0.4) is 0 Å². The van der Waals surface area contributed by atoms with Crippen LogP contribution >= 0.6 is 0 Å². The summed E-state index contributed by atoms with van der Waals surface area (Å²) in [6.45, 7) is 2.45. The van der Waals surface area contributed by atoms with E-state index in [0.717, 1.165) is 5.56 Å². The molecule has 19 heavy (non-hydrogen) atoms. The number of pyridine rings is 1. The zero-order valence-corrected chi connectivity index (χ0v) is 10.9. The molecular weight excluding hydrogens is 244 g/mol. The zero-order chi connectivity index (χ0) is 13.8. The maximum absolute atomic E-state index is 11.1. The predicted molar refractivity (Wildman–Crippen MR) is 69.7 cm³/mol. The van der Waals surface area contributed by atoms with E-state index in [-0.39, 0.29) is 11.6 Å². The third kappa shape index (κ3) is 2.97. The summed E-state index contributed by atoms with van der Waals surface area (Å²) in [5, 5.41) is 16.3. The van der Waals surface area contributed by atoms with E-state index in [1.165, 1.54) is 6.20 Å². The second-order valence-corrected chi connectivity index (χ2v) is 4.32. The summed E-state index contributed by atoms with van der Waals surface area (Å²) in [6, 6.07) is 3.94. The predicted octanol–water partition coefficient (Wildman–Crippen LogP) is 1.36. The van der Waals surface area contributed by atoms with Crippen LogP contribution in [0, 0.1) is 0 Å². The molecule has 100 valence electrons. The summed E-state index contributed by atoms with van der Waals surface area (Å²) in [6.07, 6.45) is 4.88. The number of carboxylic acids is 1. The lowest BCUT2D eigenvalue weighted by atomic mass is 10.1. The van der Waals surface area contributed by atoms with Crippen molar-refractivity contribution >= 4 is 5.97 Å². The fourth-order valence-electron chi connectivity index (χ4n) is 1.85. The quantitative estimate of drug-likeness (QED) is 0.848. The van der Waals surface area contributed by atoms with Crippen molar-refractivity contribution in [1.29, 1.82) is 0 Å². The number of nitrogens with zero attached hydrogens (tertiary/aromatic N) is 3. The molecule has 0 radical (unpaired) electrons. The van der Waals surface area contributed by atoms with Crippen LogP contribution in [0.25, 0.3) is 0 Å². The maximum atomic E-state index is 11.1. The summed E-state index contributed by atoms with van der Waals surface area (Å²) in [4.78, 5) is 15.1. The standard InChI is InChI=1S/C13H16N4O2/c1-9(10-4-3-5-14-6-10)15-8-12-11(13(18)19)7-16-17(12)2/h3-7,9,15H,8H2,1-2H3,(H,18,19). The van der Waals surface area contributed by atoms with Gasteiger partial charge in [0.15, 0.2) is 0 Å². The normalized spacial score (nSPS) is 12.3. The van der Waals surface area contributed by atoms with Gasteiger partial charge in [-0.3, -0.25) is 9.67 Å². The van der Waals surface area contributed by atoms with Gasteiger partial charge >= 0.3 is 5.97 Å². The van der Waals surface area contributed by atoms with Gasteiger partial charge in [-0.25, -0.2) is 4.79 Å². The number of aromatic carboxylic acids is 1. The van der Waals surface area contributed by atoms with Gasteiger partial charge < -0.3 is 10.4 Å². The van der Waals surface area contributed by atoms with Crippen molar-refractivity contribution in [3.8, 4) is 0 Å². The third-order valence-corrected chi connectivity index (χ3v) is 3.05. The Balaban J connectivity index is 2.07. The minimum atomic E-state index is -0.959. The van der Waals surface area contributed by atoms with Gasteiger partial charge in [-0.05, 0) is 18.6 Å². The molecule has 0 saturated carbocycles. The van der Waals surface area contributed by atoms with Crippen molar-refractivity contribution in [3.05, 3.63) is 47.5 Å². The smallest absolute Gasteiger partial charge is 0.339 e. The lowest BCUT2D eigenvalue weighted by Crippen LogP contribution is -2.21. The maximum Gasteiger partial charge on any atom is 0.339 e. The highest BCUT2D eigenvalue weighted by atomic mass is 16.4. The van der Waals surface area contributed by atoms with Crippen LogP contribution in [0.15, 0.2) is 30.7 Å². The first-order valence-electron chi connectivity index (χ1n) is 5.97.